The number of thiophene rings is 1. The first-order valence-electron chi connectivity index (χ1n) is 5.79. The van der Waals surface area contributed by atoms with Gasteiger partial charge in [0.2, 0.25) is 10.0 Å². The molecule has 1 aromatic rings. The molecule has 0 aliphatic carbocycles. The normalized spacial score (nSPS) is 22.1. The van der Waals surface area contributed by atoms with Crippen LogP contribution in [0.5, 0.6) is 0 Å². The maximum atomic E-state index is 12.4. The molecule has 0 aromatic carbocycles. The summed E-state index contributed by atoms with van der Waals surface area (Å²) in [5, 5.41) is 10.6. The van der Waals surface area contributed by atoms with Crippen molar-refractivity contribution in [3.05, 3.63) is 16.3 Å². The van der Waals surface area contributed by atoms with Crippen LogP contribution in [0.1, 0.15) is 31.1 Å². The van der Waals surface area contributed by atoms with Crippen molar-refractivity contribution in [3.8, 4) is 0 Å². The Hall–Kier alpha value is -0.430. The van der Waals surface area contributed by atoms with Crippen LogP contribution in [0.3, 0.4) is 0 Å². The van der Waals surface area contributed by atoms with Gasteiger partial charge in [-0.25, -0.2) is 8.42 Å². The molecule has 1 saturated heterocycles. The zero-order chi connectivity index (χ0) is 12.5. The fraction of sp³-hybridized carbons (Fsp3) is 0.636. The zero-order valence-corrected chi connectivity index (χ0v) is 11.4. The summed E-state index contributed by atoms with van der Waals surface area (Å²) < 4.78 is 26.4. The lowest BCUT2D eigenvalue weighted by atomic mass is 10.2. The summed E-state index contributed by atoms with van der Waals surface area (Å²) in [5.41, 5.74) is 0. The number of hydrogen-bond acceptors (Lipinski definition) is 4. The van der Waals surface area contributed by atoms with Crippen LogP contribution in [-0.2, 0) is 16.6 Å². The Morgan fingerprint density at radius 2 is 2.35 bits per heavy atom. The van der Waals surface area contributed by atoms with E-state index in [1.165, 1.54) is 11.3 Å². The average Bonchev–Trinajstić information content (AvgIpc) is 2.97. The third-order valence-corrected chi connectivity index (χ3v) is 6.19. The van der Waals surface area contributed by atoms with Crippen LogP contribution in [0.25, 0.3) is 0 Å². The van der Waals surface area contributed by atoms with Crippen molar-refractivity contribution in [1.29, 1.82) is 0 Å². The molecular weight excluding hydrogens is 258 g/mol. The van der Waals surface area contributed by atoms with Gasteiger partial charge in [0.15, 0.2) is 0 Å². The lowest BCUT2D eigenvalue weighted by Gasteiger charge is -2.22. The first-order chi connectivity index (χ1) is 8.09. The quantitative estimate of drug-likeness (QED) is 0.911. The van der Waals surface area contributed by atoms with Crippen LogP contribution in [0.4, 0.5) is 0 Å². The number of nitrogens with zero attached hydrogens (tertiary/aromatic N) is 1. The SMILES string of the molecule is CCC1CCCN1S(=O)(=O)c1csc(CO)c1. The molecule has 1 fully saturated rings. The molecule has 96 valence electrons. The summed E-state index contributed by atoms with van der Waals surface area (Å²) in [7, 11) is -3.36. The third-order valence-electron chi connectivity index (χ3n) is 3.19. The number of hydrogen-bond donors (Lipinski definition) is 1. The van der Waals surface area contributed by atoms with Gasteiger partial charge < -0.3 is 5.11 Å². The van der Waals surface area contributed by atoms with E-state index in [9.17, 15) is 8.42 Å². The Kier molecular flexibility index (Phi) is 3.87. The molecule has 0 radical (unpaired) electrons. The van der Waals surface area contributed by atoms with E-state index in [4.69, 9.17) is 5.11 Å². The van der Waals surface area contributed by atoms with Gasteiger partial charge in [0.25, 0.3) is 0 Å². The predicted molar refractivity (Wildman–Crippen MR) is 67.4 cm³/mol. The summed E-state index contributed by atoms with van der Waals surface area (Å²) in [6.45, 7) is 2.54. The molecule has 1 atom stereocenters. The third kappa shape index (κ3) is 2.40. The van der Waals surface area contributed by atoms with Gasteiger partial charge in [-0.2, -0.15) is 4.31 Å². The van der Waals surface area contributed by atoms with Gasteiger partial charge in [0, 0.05) is 22.8 Å². The minimum atomic E-state index is -3.36. The average molecular weight is 275 g/mol. The standard InChI is InChI=1S/C11H17NO3S2/c1-2-9-4-3-5-12(9)17(14,15)11-6-10(7-13)16-8-11/h6,8-9,13H,2-5,7H2,1H3. The van der Waals surface area contributed by atoms with Crippen LogP contribution < -0.4 is 0 Å². The number of aliphatic hydroxyl groups is 1. The molecule has 1 N–H and O–H groups in total. The highest BCUT2D eigenvalue weighted by Crippen LogP contribution is 2.29. The fourth-order valence-electron chi connectivity index (χ4n) is 2.25. The van der Waals surface area contributed by atoms with E-state index in [2.05, 4.69) is 0 Å². The number of aliphatic hydroxyl groups excluding tert-OH is 1. The highest BCUT2D eigenvalue weighted by molar-refractivity contribution is 7.89. The van der Waals surface area contributed by atoms with E-state index in [0.717, 1.165) is 19.3 Å². The molecule has 17 heavy (non-hydrogen) atoms. The van der Waals surface area contributed by atoms with Crippen LogP contribution in [0.15, 0.2) is 16.3 Å². The van der Waals surface area contributed by atoms with Crippen molar-refractivity contribution in [2.45, 2.75) is 43.7 Å². The van der Waals surface area contributed by atoms with Crippen LogP contribution in [0.2, 0.25) is 0 Å². The summed E-state index contributed by atoms with van der Waals surface area (Å²) in [6, 6.07) is 1.71. The minimum absolute atomic E-state index is 0.0998. The van der Waals surface area contributed by atoms with E-state index in [-0.39, 0.29) is 12.6 Å². The Bertz CT molecular complexity index is 481. The maximum absolute atomic E-state index is 12.4. The molecule has 1 aliphatic heterocycles. The smallest absolute Gasteiger partial charge is 0.244 e. The van der Waals surface area contributed by atoms with Gasteiger partial charge in [-0.05, 0) is 25.3 Å². The topological polar surface area (TPSA) is 57.6 Å². The van der Waals surface area contributed by atoms with Crippen LogP contribution in [-0.4, -0.2) is 30.4 Å². The van der Waals surface area contributed by atoms with E-state index in [1.54, 1.807) is 15.8 Å². The Morgan fingerprint density at radius 3 is 2.94 bits per heavy atom. The molecule has 6 heteroatoms. The number of rotatable bonds is 4. The second-order valence-corrected chi connectivity index (χ2v) is 7.11. The molecule has 2 heterocycles. The lowest BCUT2D eigenvalue weighted by Crippen LogP contribution is -2.34. The van der Waals surface area contributed by atoms with Crippen molar-refractivity contribution in [2.24, 2.45) is 0 Å². The van der Waals surface area contributed by atoms with E-state index in [1.807, 2.05) is 6.92 Å². The molecule has 1 aromatic heterocycles. The van der Waals surface area contributed by atoms with Gasteiger partial charge in [0.1, 0.15) is 0 Å². The van der Waals surface area contributed by atoms with Gasteiger partial charge in [-0.3, -0.25) is 0 Å². The monoisotopic (exact) mass is 275 g/mol. The molecule has 0 bridgehead atoms. The summed E-state index contributed by atoms with van der Waals surface area (Å²) in [5.74, 6) is 0. The minimum Gasteiger partial charge on any atom is -0.391 e. The van der Waals surface area contributed by atoms with Crippen LogP contribution in [0, 0.1) is 0 Å². The zero-order valence-electron chi connectivity index (χ0n) is 9.80. The molecule has 0 saturated carbocycles. The van der Waals surface area contributed by atoms with Gasteiger partial charge in [-0.15, -0.1) is 11.3 Å². The fourth-order valence-corrected chi connectivity index (χ4v) is 5.14. The highest BCUT2D eigenvalue weighted by Gasteiger charge is 2.34. The summed E-state index contributed by atoms with van der Waals surface area (Å²) in [4.78, 5) is 1.02. The molecule has 0 amide bonds. The van der Waals surface area contributed by atoms with Gasteiger partial charge >= 0.3 is 0 Å². The molecule has 4 nitrogen and oxygen atoms in total. The van der Waals surface area contributed by atoms with Crippen molar-refractivity contribution in [3.63, 3.8) is 0 Å². The molecule has 2 rings (SSSR count). The second-order valence-electron chi connectivity index (χ2n) is 4.23. The largest absolute Gasteiger partial charge is 0.391 e. The lowest BCUT2D eigenvalue weighted by molar-refractivity contribution is 0.285. The summed E-state index contributed by atoms with van der Waals surface area (Å²) >= 11 is 1.29. The first-order valence-corrected chi connectivity index (χ1v) is 8.11. The molecule has 1 aliphatic rings. The Balaban J connectivity index is 2.29. The first kappa shape index (κ1) is 13.0. The van der Waals surface area contributed by atoms with Crippen LogP contribution >= 0.6 is 11.3 Å². The number of sulfonamides is 1. The molecular formula is C11H17NO3S2. The van der Waals surface area contributed by atoms with Gasteiger partial charge in [-0.1, -0.05) is 6.92 Å². The van der Waals surface area contributed by atoms with Crippen molar-refractivity contribution in [2.75, 3.05) is 6.54 Å². The van der Waals surface area contributed by atoms with Crippen molar-refractivity contribution < 1.29 is 13.5 Å². The van der Waals surface area contributed by atoms with Crippen molar-refractivity contribution in [1.82, 2.24) is 4.31 Å². The van der Waals surface area contributed by atoms with E-state index in [0.29, 0.717) is 16.3 Å². The maximum Gasteiger partial charge on any atom is 0.244 e. The van der Waals surface area contributed by atoms with Gasteiger partial charge in [0.05, 0.1) is 11.5 Å². The molecule has 1 unspecified atom stereocenters. The van der Waals surface area contributed by atoms with Crippen molar-refractivity contribution >= 4 is 21.4 Å². The van der Waals surface area contributed by atoms with E-state index < -0.39 is 10.0 Å². The Labute approximate surface area is 106 Å². The summed E-state index contributed by atoms with van der Waals surface area (Å²) in [6.07, 6.45) is 2.75. The molecule has 0 spiro atoms. The Morgan fingerprint density at radius 1 is 1.59 bits per heavy atom. The predicted octanol–water partition coefficient (Wildman–Crippen LogP) is 1.80. The highest BCUT2D eigenvalue weighted by atomic mass is 32.2. The van der Waals surface area contributed by atoms with E-state index >= 15 is 0 Å². The second kappa shape index (κ2) is 5.06.